The van der Waals surface area contributed by atoms with Crippen LogP contribution in [0, 0.1) is 22.7 Å². The summed E-state index contributed by atoms with van der Waals surface area (Å²) in [6.45, 7) is 8.34. The van der Waals surface area contributed by atoms with Gasteiger partial charge in [-0.15, -0.1) is 10.2 Å². The lowest BCUT2D eigenvalue weighted by Crippen LogP contribution is -2.41. The van der Waals surface area contributed by atoms with Gasteiger partial charge in [0.05, 0.1) is 18.3 Å². The fourth-order valence-electron chi connectivity index (χ4n) is 3.61. The summed E-state index contributed by atoms with van der Waals surface area (Å²) in [5.41, 5.74) is 1.88. The molecule has 180 valence electrons. The van der Waals surface area contributed by atoms with Gasteiger partial charge in [-0.05, 0) is 58.4 Å². The van der Waals surface area contributed by atoms with Gasteiger partial charge in [-0.3, -0.25) is 4.79 Å². The van der Waals surface area contributed by atoms with Gasteiger partial charge in [-0.25, -0.2) is 4.99 Å². The molecule has 1 aromatic carbocycles. The Morgan fingerprint density at radius 1 is 1.44 bits per heavy atom. The highest BCUT2D eigenvalue weighted by molar-refractivity contribution is 7.18. The average molecular weight is 483 g/mol. The third-order valence-electron chi connectivity index (χ3n) is 5.25. The molecule has 0 aliphatic carbocycles. The quantitative estimate of drug-likeness (QED) is 0.396. The van der Waals surface area contributed by atoms with Gasteiger partial charge < -0.3 is 19.8 Å². The Balaban J connectivity index is 1.61. The number of likely N-dealkylation sites (tertiary alicyclic amines) is 1. The average Bonchev–Trinajstić information content (AvgIpc) is 3.28. The lowest BCUT2D eigenvalue weighted by molar-refractivity contribution is -0.143. The number of carbonyl (C=O) groups excluding carboxylic acids is 1. The third kappa shape index (κ3) is 7.17. The molecule has 1 aliphatic heterocycles. The van der Waals surface area contributed by atoms with Crippen molar-refractivity contribution in [3.8, 4) is 22.4 Å². The zero-order chi connectivity index (χ0) is 24.5. The standard InChI is InChI=1S/C24H30N6O3S/c1-4-32-22(31)6-5-10-30-11-9-20(26)19(15-30)14-27-24-29-28-23(34-24)17-7-8-21(33-16(2)3)18(12-17)13-25/h7-8,12,14,16,19,26H,4-6,9-11,15H2,1-3H3. The van der Waals surface area contributed by atoms with Crippen LogP contribution in [0.25, 0.3) is 10.6 Å². The van der Waals surface area contributed by atoms with E-state index in [9.17, 15) is 10.1 Å². The van der Waals surface area contributed by atoms with Crippen LogP contribution in [0.5, 0.6) is 5.75 Å². The van der Waals surface area contributed by atoms with Crippen molar-refractivity contribution in [3.05, 3.63) is 23.8 Å². The molecule has 0 spiro atoms. The molecule has 1 unspecified atom stereocenters. The summed E-state index contributed by atoms with van der Waals surface area (Å²) in [4.78, 5) is 18.3. The van der Waals surface area contributed by atoms with Gasteiger partial charge in [-0.1, -0.05) is 11.3 Å². The summed E-state index contributed by atoms with van der Waals surface area (Å²) in [5.74, 6) is 0.286. The van der Waals surface area contributed by atoms with E-state index in [0.717, 1.165) is 25.1 Å². The Morgan fingerprint density at radius 3 is 3.00 bits per heavy atom. The summed E-state index contributed by atoms with van der Waals surface area (Å²) in [5, 5.41) is 27.3. The fourth-order valence-corrected chi connectivity index (χ4v) is 4.30. The summed E-state index contributed by atoms with van der Waals surface area (Å²) < 4.78 is 10.7. The first kappa shape index (κ1) is 25.5. The first-order valence-corrected chi connectivity index (χ1v) is 12.3. The van der Waals surface area contributed by atoms with Gasteiger partial charge in [0.15, 0.2) is 0 Å². The van der Waals surface area contributed by atoms with Crippen LogP contribution in [0.1, 0.15) is 45.6 Å². The van der Waals surface area contributed by atoms with Gasteiger partial charge in [0.1, 0.15) is 16.8 Å². The third-order valence-corrected chi connectivity index (χ3v) is 6.13. The zero-order valence-electron chi connectivity index (χ0n) is 19.8. The van der Waals surface area contributed by atoms with Crippen molar-refractivity contribution in [3.63, 3.8) is 0 Å². The lowest BCUT2D eigenvalue weighted by Gasteiger charge is -2.31. The van der Waals surface area contributed by atoms with E-state index in [1.54, 1.807) is 25.3 Å². The minimum atomic E-state index is -0.165. The monoisotopic (exact) mass is 482 g/mol. The van der Waals surface area contributed by atoms with Crippen molar-refractivity contribution in [2.24, 2.45) is 10.9 Å². The number of hydrogen-bond donors (Lipinski definition) is 1. The number of ether oxygens (including phenoxy) is 2. The number of nitrogens with one attached hydrogen (secondary N) is 1. The molecular formula is C24H30N6O3S. The lowest BCUT2D eigenvalue weighted by atomic mass is 9.96. The van der Waals surface area contributed by atoms with E-state index in [0.29, 0.717) is 53.2 Å². The largest absolute Gasteiger partial charge is 0.490 e. The van der Waals surface area contributed by atoms with E-state index >= 15 is 0 Å². The van der Waals surface area contributed by atoms with Crippen LogP contribution in [0.2, 0.25) is 0 Å². The highest BCUT2D eigenvalue weighted by Gasteiger charge is 2.23. The summed E-state index contributed by atoms with van der Waals surface area (Å²) in [6.07, 6.45) is 3.57. The summed E-state index contributed by atoms with van der Waals surface area (Å²) >= 11 is 1.33. The van der Waals surface area contributed by atoms with Crippen molar-refractivity contribution in [2.75, 3.05) is 26.2 Å². The van der Waals surface area contributed by atoms with Gasteiger partial charge in [0.2, 0.25) is 5.13 Å². The molecule has 34 heavy (non-hydrogen) atoms. The molecule has 1 saturated heterocycles. The Hall–Kier alpha value is -3.16. The number of nitriles is 1. The zero-order valence-corrected chi connectivity index (χ0v) is 20.6. The molecule has 0 saturated carbocycles. The van der Waals surface area contributed by atoms with Gasteiger partial charge in [0.25, 0.3) is 0 Å². The number of piperidine rings is 1. The number of hydrogen-bond acceptors (Lipinski definition) is 10. The molecule has 2 aromatic rings. The smallest absolute Gasteiger partial charge is 0.305 e. The number of carbonyl (C=O) groups is 1. The fraction of sp³-hybridized carbons (Fsp3) is 0.500. The predicted octanol–water partition coefficient (Wildman–Crippen LogP) is 4.25. The molecule has 0 amide bonds. The van der Waals surface area contributed by atoms with Crippen LogP contribution in [0.4, 0.5) is 5.13 Å². The molecule has 1 fully saturated rings. The van der Waals surface area contributed by atoms with E-state index in [4.69, 9.17) is 14.9 Å². The molecule has 1 atom stereocenters. The maximum Gasteiger partial charge on any atom is 0.305 e. The number of rotatable bonds is 10. The summed E-state index contributed by atoms with van der Waals surface area (Å²) in [7, 11) is 0. The molecule has 10 heteroatoms. The maximum atomic E-state index is 11.5. The van der Waals surface area contributed by atoms with Crippen LogP contribution in [-0.4, -0.2) is 65.3 Å². The Kier molecular flexibility index (Phi) is 9.24. The first-order chi connectivity index (χ1) is 16.4. The Morgan fingerprint density at radius 2 is 2.26 bits per heavy atom. The van der Waals surface area contributed by atoms with Crippen LogP contribution in [0.15, 0.2) is 23.2 Å². The minimum Gasteiger partial charge on any atom is -0.490 e. The predicted molar refractivity (Wildman–Crippen MR) is 132 cm³/mol. The van der Waals surface area contributed by atoms with Crippen LogP contribution < -0.4 is 4.74 Å². The van der Waals surface area contributed by atoms with Crippen molar-refractivity contribution < 1.29 is 14.3 Å². The molecule has 2 heterocycles. The second-order valence-corrected chi connectivity index (χ2v) is 9.20. The minimum absolute atomic E-state index is 0.0209. The van der Waals surface area contributed by atoms with Crippen LogP contribution >= 0.6 is 11.3 Å². The molecular weight excluding hydrogens is 452 g/mol. The van der Waals surface area contributed by atoms with E-state index in [1.165, 1.54) is 11.3 Å². The highest BCUT2D eigenvalue weighted by Crippen LogP contribution is 2.31. The molecule has 3 rings (SSSR count). The number of benzene rings is 1. The molecule has 1 N–H and O–H groups in total. The highest BCUT2D eigenvalue weighted by atomic mass is 32.1. The van der Waals surface area contributed by atoms with E-state index < -0.39 is 0 Å². The first-order valence-electron chi connectivity index (χ1n) is 11.4. The van der Waals surface area contributed by atoms with Crippen LogP contribution in [-0.2, 0) is 9.53 Å². The van der Waals surface area contributed by atoms with Gasteiger partial charge in [0, 0.05) is 42.9 Å². The molecule has 0 radical (unpaired) electrons. The van der Waals surface area contributed by atoms with Gasteiger partial charge >= 0.3 is 5.97 Å². The van der Waals surface area contributed by atoms with E-state index in [2.05, 4.69) is 26.2 Å². The second kappa shape index (κ2) is 12.3. The topological polar surface area (TPSA) is 125 Å². The maximum absolute atomic E-state index is 11.5. The molecule has 1 aliphatic rings. The molecule has 9 nitrogen and oxygen atoms in total. The van der Waals surface area contributed by atoms with Crippen molar-refractivity contribution in [2.45, 2.75) is 46.1 Å². The van der Waals surface area contributed by atoms with Gasteiger partial charge in [-0.2, -0.15) is 5.26 Å². The SMILES string of the molecule is CCOC(=O)CCCN1CCC(=N)C(C=Nc2nnc(-c3ccc(OC(C)C)c(C#N)c3)s2)C1. The van der Waals surface area contributed by atoms with Crippen molar-refractivity contribution in [1.82, 2.24) is 15.1 Å². The second-order valence-electron chi connectivity index (χ2n) is 8.25. The van der Waals surface area contributed by atoms with Crippen molar-refractivity contribution >= 4 is 34.4 Å². The van der Waals surface area contributed by atoms with E-state index in [-0.39, 0.29) is 18.0 Å². The normalized spacial score (nSPS) is 16.7. The molecule has 0 bridgehead atoms. The number of nitrogens with zero attached hydrogens (tertiary/aromatic N) is 5. The molecule has 1 aromatic heterocycles. The number of aromatic nitrogens is 2. The summed E-state index contributed by atoms with van der Waals surface area (Å²) in [6, 6.07) is 7.55. The Labute approximate surface area is 203 Å². The number of esters is 1. The number of aliphatic imine (C=N–C) groups is 1. The van der Waals surface area contributed by atoms with E-state index in [1.807, 2.05) is 19.9 Å². The van der Waals surface area contributed by atoms with Crippen molar-refractivity contribution in [1.29, 1.82) is 10.7 Å². The Bertz CT molecular complexity index is 1070. The van der Waals surface area contributed by atoms with Crippen LogP contribution in [0.3, 0.4) is 0 Å².